The zero-order chi connectivity index (χ0) is 28.4. The summed E-state index contributed by atoms with van der Waals surface area (Å²) >= 11 is 0. The Morgan fingerprint density at radius 2 is 1.46 bits per heavy atom. The maximum absolute atomic E-state index is 11.0. The average Bonchev–Trinajstić information content (AvgIpc) is 2.86. The minimum atomic E-state index is -0.0864. The molecule has 212 valence electrons. The molecule has 0 amide bonds. The summed E-state index contributed by atoms with van der Waals surface area (Å²) in [5.74, 6) is 2.15. The first kappa shape index (κ1) is 29.1. The van der Waals surface area contributed by atoms with Gasteiger partial charge in [-0.15, -0.1) is 0 Å². The van der Waals surface area contributed by atoms with Gasteiger partial charge in [0.25, 0.3) is 0 Å². The monoisotopic (exact) mass is 531 g/mol. The standard InChI is InChI=1S/C33H49N5O/c1-32(2,3)26-20-22(21-27(29(26)39)33(4,5)6)12-11-19-34-23-15-17-24(18-16-23)35-31-36-28-14-10-9-13-25(28)30(37-31)38(7)8/h9-10,13-14,20-21,23-24,34,39H,11-12,15-19H2,1-8H3,(H,35,36,37)/t23-,24+. The maximum atomic E-state index is 11.0. The highest BCUT2D eigenvalue weighted by Crippen LogP contribution is 2.40. The molecule has 4 rings (SSSR count). The van der Waals surface area contributed by atoms with Crippen molar-refractivity contribution in [2.45, 2.75) is 103 Å². The number of fused-ring (bicyclic) bond motifs is 1. The highest BCUT2D eigenvalue weighted by atomic mass is 16.3. The van der Waals surface area contributed by atoms with E-state index >= 15 is 0 Å². The molecule has 2 aromatic carbocycles. The van der Waals surface area contributed by atoms with Crippen LogP contribution in [-0.4, -0.2) is 47.8 Å². The SMILES string of the molecule is CN(C)c1nc(N[C@H]2CC[C@@H](NCCCc3cc(C(C)(C)C)c(O)c(C(C)(C)C)c3)CC2)nc2ccccc12. The third-order valence-corrected chi connectivity index (χ3v) is 7.93. The molecule has 3 aromatic rings. The lowest BCUT2D eigenvalue weighted by Crippen LogP contribution is -2.37. The van der Waals surface area contributed by atoms with Crippen LogP contribution in [0.5, 0.6) is 5.75 Å². The number of nitrogens with zero attached hydrogens (tertiary/aromatic N) is 3. The molecule has 0 aliphatic heterocycles. The number of aromatic hydroxyl groups is 1. The van der Waals surface area contributed by atoms with Crippen LogP contribution in [0.2, 0.25) is 0 Å². The number of aryl methyl sites for hydroxylation is 1. The molecule has 1 fully saturated rings. The zero-order valence-electron chi connectivity index (χ0n) is 25.4. The number of rotatable bonds is 8. The van der Waals surface area contributed by atoms with Crippen molar-refractivity contribution in [2.24, 2.45) is 0 Å². The number of aromatic nitrogens is 2. The number of phenolic OH excluding ortho intramolecular Hbond substituents is 1. The van der Waals surface area contributed by atoms with Gasteiger partial charge >= 0.3 is 0 Å². The van der Waals surface area contributed by atoms with Gasteiger partial charge in [-0.25, -0.2) is 4.98 Å². The number of anilines is 2. The second kappa shape index (κ2) is 11.7. The third-order valence-electron chi connectivity index (χ3n) is 7.93. The number of nitrogens with one attached hydrogen (secondary N) is 2. The number of phenols is 1. The summed E-state index contributed by atoms with van der Waals surface area (Å²) in [6.45, 7) is 14.1. The van der Waals surface area contributed by atoms with E-state index in [1.165, 1.54) is 5.56 Å². The zero-order valence-corrected chi connectivity index (χ0v) is 25.4. The lowest BCUT2D eigenvalue weighted by atomic mass is 9.78. The van der Waals surface area contributed by atoms with Gasteiger partial charge in [0, 0.05) is 31.6 Å². The summed E-state index contributed by atoms with van der Waals surface area (Å²) in [5, 5.41) is 19.5. The molecule has 1 saturated carbocycles. The van der Waals surface area contributed by atoms with Gasteiger partial charge in [0.1, 0.15) is 11.6 Å². The van der Waals surface area contributed by atoms with Crippen molar-refractivity contribution in [1.82, 2.24) is 15.3 Å². The van der Waals surface area contributed by atoms with E-state index in [2.05, 4.69) is 81.3 Å². The van der Waals surface area contributed by atoms with Gasteiger partial charge in [-0.2, -0.15) is 4.98 Å². The molecule has 1 aromatic heterocycles. The Balaban J connectivity index is 1.28. The van der Waals surface area contributed by atoms with E-state index in [9.17, 15) is 5.11 Å². The van der Waals surface area contributed by atoms with Gasteiger partial charge in [-0.1, -0.05) is 65.8 Å². The molecule has 0 bridgehead atoms. The van der Waals surface area contributed by atoms with Gasteiger partial charge in [0.05, 0.1) is 5.52 Å². The van der Waals surface area contributed by atoms with Crippen molar-refractivity contribution < 1.29 is 5.11 Å². The molecule has 0 radical (unpaired) electrons. The fourth-order valence-corrected chi connectivity index (χ4v) is 5.67. The largest absolute Gasteiger partial charge is 0.507 e. The van der Waals surface area contributed by atoms with Crippen LogP contribution in [0.25, 0.3) is 10.9 Å². The third kappa shape index (κ3) is 7.21. The first-order valence-electron chi connectivity index (χ1n) is 14.6. The molecule has 0 spiro atoms. The normalized spacial score (nSPS) is 18.4. The molecule has 6 heteroatoms. The molecule has 1 aliphatic carbocycles. The topological polar surface area (TPSA) is 73.3 Å². The van der Waals surface area contributed by atoms with Gasteiger partial charge in [-0.3, -0.25) is 0 Å². The lowest BCUT2D eigenvalue weighted by molar-refractivity contribution is 0.352. The van der Waals surface area contributed by atoms with E-state index in [-0.39, 0.29) is 10.8 Å². The van der Waals surface area contributed by atoms with Crippen molar-refractivity contribution in [1.29, 1.82) is 0 Å². The Labute approximate surface area is 235 Å². The van der Waals surface area contributed by atoms with Crippen molar-refractivity contribution in [2.75, 3.05) is 30.9 Å². The Morgan fingerprint density at radius 1 is 0.872 bits per heavy atom. The van der Waals surface area contributed by atoms with E-state index in [1.54, 1.807) is 0 Å². The molecule has 1 aliphatic rings. The van der Waals surface area contributed by atoms with E-state index in [0.717, 1.165) is 78.9 Å². The fourth-order valence-electron chi connectivity index (χ4n) is 5.67. The second-order valence-corrected chi connectivity index (χ2v) is 13.6. The number of para-hydroxylation sites is 1. The number of hydrogen-bond donors (Lipinski definition) is 3. The van der Waals surface area contributed by atoms with Crippen LogP contribution < -0.4 is 15.5 Å². The maximum Gasteiger partial charge on any atom is 0.225 e. The van der Waals surface area contributed by atoms with E-state index in [1.807, 2.05) is 26.2 Å². The van der Waals surface area contributed by atoms with Gasteiger partial charge in [0.15, 0.2) is 0 Å². The first-order valence-corrected chi connectivity index (χ1v) is 14.6. The lowest BCUT2D eigenvalue weighted by Gasteiger charge is -2.30. The van der Waals surface area contributed by atoms with E-state index in [0.29, 0.717) is 17.8 Å². The van der Waals surface area contributed by atoms with E-state index in [4.69, 9.17) is 9.97 Å². The minimum Gasteiger partial charge on any atom is -0.507 e. The Bertz CT molecular complexity index is 1230. The summed E-state index contributed by atoms with van der Waals surface area (Å²) in [4.78, 5) is 11.7. The number of benzene rings is 2. The van der Waals surface area contributed by atoms with Crippen molar-refractivity contribution in [3.8, 4) is 5.75 Å². The molecule has 0 atom stereocenters. The van der Waals surface area contributed by atoms with Crippen molar-refractivity contribution in [3.05, 3.63) is 53.1 Å². The highest BCUT2D eigenvalue weighted by Gasteiger charge is 2.27. The number of hydrogen-bond acceptors (Lipinski definition) is 6. The Kier molecular flexibility index (Phi) is 8.75. The minimum absolute atomic E-state index is 0.0864. The smallest absolute Gasteiger partial charge is 0.225 e. The molecular formula is C33H49N5O. The summed E-state index contributed by atoms with van der Waals surface area (Å²) in [5.41, 5.74) is 4.23. The van der Waals surface area contributed by atoms with Crippen LogP contribution >= 0.6 is 0 Å². The Hall–Kier alpha value is -2.86. The van der Waals surface area contributed by atoms with Crippen molar-refractivity contribution in [3.63, 3.8) is 0 Å². The van der Waals surface area contributed by atoms with Crippen LogP contribution in [0.1, 0.15) is 90.3 Å². The molecule has 39 heavy (non-hydrogen) atoms. The molecule has 0 saturated heterocycles. The van der Waals surface area contributed by atoms with Crippen LogP contribution in [0.15, 0.2) is 36.4 Å². The summed E-state index contributed by atoms with van der Waals surface area (Å²) < 4.78 is 0. The molecule has 1 heterocycles. The molecule has 3 N–H and O–H groups in total. The van der Waals surface area contributed by atoms with Crippen LogP contribution in [-0.2, 0) is 17.3 Å². The fraction of sp³-hybridized carbons (Fsp3) is 0.576. The molecule has 0 unspecified atom stereocenters. The predicted octanol–water partition coefficient (Wildman–Crippen LogP) is 6.94. The second-order valence-electron chi connectivity index (χ2n) is 13.6. The van der Waals surface area contributed by atoms with Gasteiger partial charge in [0.2, 0.25) is 5.95 Å². The quantitative estimate of drug-likeness (QED) is 0.273. The van der Waals surface area contributed by atoms with Crippen LogP contribution in [0.4, 0.5) is 11.8 Å². The van der Waals surface area contributed by atoms with Gasteiger partial charge < -0.3 is 20.6 Å². The summed E-state index contributed by atoms with van der Waals surface area (Å²) in [6, 6.07) is 13.6. The van der Waals surface area contributed by atoms with Gasteiger partial charge in [-0.05, 0) is 84.7 Å². The van der Waals surface area contributed by atoms with Crippen LogP contribution in [0.3, 0.4) is 0 Å². The molecular weight excluding hydrogens is 482 g/mol. The Morgan fingerprint density at radius 3 is 2.05 bits per heavy atom. The first-order chi connectivity index (χ1) is 18.3. The predicted molar refractivity (Wildman–Crippen MR) is 165 cm³/mol. The van der Waals surface area contributed by atoms with Crippen molar-refractivity contribution >= 4 is 22.7 Å². The molecule has 6 nitrogen and oxygen atoms in total. The van der Waals surface area contributed by atoms with E-state index < -0.39 is 0 Å². The summed E-state index contributed by atoms with van der Waals surface area (Å²) in [7, 11) is 4.06. The summed E-state index contributed by atoms with van der Waals surface area (Å²) in [6.07, 6.45) is 6.67. The highest BCUT2D eigenvalue weighted by molar-refractivity contribution is 5.90. The van der Waals surface area contributed by atoms with Crippen LogP contribution in [0, 0.1) is 0 Å². The average molecular weight is 532 g/mol.